The summed E-state index contributed by atoms with van der Waals surface area (Å²) in [6.07, 6.45) is 1.65. The number of nitrogens with zero attached hydrogens (tertiary/aromatic N) is 2. The van der Waals surface area contributed by atoms with Gasteiger partial charge in [0.15, 0.2) is 0 Å². The van der Waals surface area contributed by atoms with E-state index in [1.54, 1.807) is 11.6 Å². The Hall–Kier alpha value is -0.830. The lowest BCUT2D eigenvalue weighted by Crippen LogP contribution is -2.11. The van der Waals surface area contributed by atoms with E-state index in [0.29, 0.717) is 0 Å². The number of hydrogen-bond acceptors (Lipinski definition) is 2. The second-order valence-electron chi connectivity index (χ2n) is 3.37. The number of rotatable bonds is 2. The van der Waals surface area contributed by atoms with Crippen LogP contribution in [0.25, 0.3) is 0 Å². The van der Waals surface area contributed by atoms with Crippen LogP contribution < -0.4 is 0 Å². The molecule has 3 heteroatoms. The van der Waals surface area contributed by atoms with Crippen LogP contribution in [-0.4, -0.2) is 21.0 Å². The predicted octanol–water partition coefficient (Wildman–Crippen LogP) is 1.21. The summed E-state index contributed by atoms with van der Waals surface area (Å²) in [5.41, 5.74) is 2.14. The average molecular weight is 168 g/mol. The van der Waals surface area contributed by atoms with E-state index < -0.39 is 0 Å². The van der Waals surface area contributed by atoms with Gasteiger partial charge in [0.25, 0.3) is 0 Å². The highest BCUT2D eigenvalue weighted by Gasteiger charge is 2.15. The number of hydrogen-bond donors (Lipinski definition) is 1. The minimum absolute atomic E-state index is 0.165. The second-order valence-corrected chi connectivity index (χ2v) is 3.37. The first-order chi connectivity index (χ1) is 5.52. The molecule has 0 radical (unpaired) electrons. The molecule has 0 spiro atoms. The number of aliphatic hydroxyl groups excluding tert-OH is 1. The minimum Gasteiger partial charge on any atom is -0.393 e. The van der Waals surface area contributed by atoms with Crippen LogP contribution in [0.3, 0.4) is 0 Å². The maximum Gasteiger partial charge on any atom is 0.0629 e. The Kier molecular flexibility index (Phi) is 2.52. The summed E-state index contributed by atoms with van der Waals surface area (Å²) in [6, 6.07) is 0. The molecule has 1 aromatic rings. The fraction of sp³-hybridized carbons (Fsp3) is 0.667. The van der Waals surface area contributed by atoms with Crippen molar-refractivity contribution in [2.45, 2.75) is 32.8 Å². The molecule has 2 atom stereocenters. The van der Waals surface area contributed by atoms with E-state index in [9.17, 15) is 5.11 Å². The summed E-state index contributed by atoms with van der Waals surface area (Å²) >= 11 is 0. The molecule has 3 nitrogen and oxygen atoms in total. The summed E-state index contributed by atoms with van der Waals surface area (Å²) in [7, 11) is 1.89. The van der Waals surface area contributed by atoms with Gasteiger partial charge in [-0.2, -0.15) is 5.10 Å². The van der Waals surface area contributed by atoms with Crippen molar-refractivity contribution < 1.29 is 5.11 Å². The third-order valence-corrected chi connectivity index (χ3v) is 2.27. The lowest BCUT2D eigenvalue weighted by atomic mass is 9.97. The first-order valence-corrected chi connectivity index (χ1v) is 4.20. The molecule has 1 N–H and O–H groups in total. The molecule has 0 aromatic carbocycles. The lowest BCUT2D eigenvalue weighted by molar-refractivity contribution is 0.168. The van der Waals surface area contributed by atoms with Crippen molar-refractivity contribution in [1.29, 1.82) is 0 Å². The van der Waals surface area contributed by atoms with Gasteiger partial charge in [0.1, 0.15) is 0 Å². The minimum atomic E-state index is -0.312. The largest absolute Gasteiger partial charge is 0.393 e. The van der Waals surface area contributed by atoms with Gasteiger partial charge in [0, 0.05) is 19.2 Å². The Labute approximate surface area is 73.0 Å². The molecule has 1 aromatic heterocycles. The van der Waals surface area contributed by atoms with Crippen LogP contribution in [-0.2, 0) is 7.05 Å². The van der Waals surface area contributed by atoms with E-state index in [1.807, 2.05) is 27.1 Å². The SMILES string of the molecule is Cc1nn(C)cc1C(C)C(C)O. The van der Waals surface area contributed by atoms with Gasteiger partial charge in [0.2, 0.25) is 0 Å². The normalized spacial score (nSPS) is 16.1. The highest BCUT2D eigenvalue weighted by atomic mass is 16.3. The standard InChI is InChI=1S/C9H16N2O/c1-6(8(3)12)9-5-11(4)10-7(9)2/h5-6,8,12H,1-4H3. The van der Waals surface area contributed by atoms with E-state index in [2.05, 4.69) is 5.10 Å². The molecule has 0 saturated carbocycles. The van der Waals surface area contributed by atoms with Gasteiger partial charge in [0.05, 0.1) is 11.8 Å². The lowest BCUT2D eigenvalue weighted by Gasteiger charge is -2.12. The van der Waals surface area contributed by atoms with Gasteiger partial charge in [-0.1, -0.05) is 6.92 Å². The van der Waals surface area contributed by atoms with E-state index >= 15 is 0 Å². The van der Waals surface area contributed by atoms with Crippen molar-refractivity contribution in [1.82, 2.24) is 9.78 Å². The summed E-state index contributed by atoms with van der Waals surface area (Å²) in [5, 5.41) is 13.6. The van der Waals surface area contributed by atoms with Gasteiger partial charge in [-0.05, 0) is 19.4 Å². The van der Waals surface area contributed by atoms with Crippen LogP contribution in [0, 0.1) is 6.92 Å². The maximum absolute atomic E-state index is 9.37. The van der Waals surface area contributed by atoms with E-state index in [4.69, 9.17) is 0 Å². The Balaban J connectivity index is 2.94. The molecular formula is C9H16N2O. The summed E-state index contributed by atoms with van der Waals surface area (Å²) in [5.74, 6) is 0.165. The first kappa shape index (κ1) is 9.26. The first-order valence-electron chi connectivity index (χ1n) is 4.20. The van der Waals surface area contributed by atoms with E-state index in [1.165, 1.54) is 0 Å². The van der Waals surface area contributed by atoms with Gasteiger partial charge in [-0.15, -0.1) is 0 Å². The Bertz CT molecular complexity index is 265. The van der Waals surface area contributed by atoms with Gasteiger partial charge in [-0.25, -0.2) is 0 Å². The second kappa shape index (κ2) is 3.27. The van der Waals surface area contributed by atoms with Crippen LogP contribution in [0.5, 0.6) is 0 Å². The summed E-state index contributed by atoms with van der Waals surface area (Å²) < 4.78 is 1.78. The highest BCUT2D eigenvalue weighted by molar-refractivity contribution is 5.20. The maximum atomic E-state index is 9.37. The zero-order valence-electron chi connectivity index (χ0n) is 8.07. The molecule has 0 bridgehead atoms. The van der Waals surface area contributed by atoms with Crippen LogP contribution in [0.15, 0.2) is 6.20 Å². The molecule has 0 aliphatic carbocycles. The predicted molar refractivity (Wildman–Crippen MR) is 48.0 cm³/mol. The van der Waals surface area contributed by atoms with Crippen LogP contribution in [0.2, 0.25) is 0 Å². The monoisotopic (exact) mass is 168 g/mol. The molecule has 1 heterocycles. The topological polar surface area (TPSA) is 38.0 Å². The van der Waals surface area contributed by atoms with Crippen LogP contribution >= 0.6 is 0 Å². The molecule has 0 amide bonds. The van der Waals surface area contributed by atoms with Crippen molar-refractivity contribution in [3.05, 3.63) is 17.5 Å². The summed E-state index contributed by atoms with van der Waals surface area (Å²) in [6.45, 7) is 5.78. The zero-order chi connectivity index (χ0) is 9.30. The Morgan fingerprint density at radius 3 is 2.42 bits per heavy atom. The zero-order valence-corrected chi connectivity index (χ0v) is 8.07. The third-order valence-electron chi connectivity index (χ3n) is 2.27. The third kappa shape index (κ3) is 1.67. The fourth-order valence-corrected chi connectivity index (χ4v) is 1.32. The Morgan fingerprint density at radius 1 is 1.50 bits per heavy atom. The number of aromatic nitrogens is 2. The summed E-state index contributed by atoms with van der Waals surface area (Å²) in [4.78, 5) is 0. The number of aliphatic hydroxyl groups is 1. The molecule has 0 saturated heterocycles. The van der Waals surface area contributed by atoms with Gasteiger partial charge >= 0.3 is 0 Å². The molecule has 0 fully saturated rings. The molecular weight excluding hydrogens is 152 g/mol. The molecule has 1 rings (SSSR count). The Morgan fingerprint density at radius 2 is 2.08 bits per heavy atom. The van der Waals surface area contributed by atoms with Gasteiger partial charge in [-0.3, -0.25) is 4.68 Å². The van der Waals surface area contributed by atoms with Crippen LogP contribution in [0.1, 0.15) is 31.0 Å². The van der Waals surface area contributed by atoms with Crippen molar-refractivity contribution in [2.75, 3.05) is 0 Å². The quantitative estimate of drug-likeness (QED) is 0.721. The highest BCUT2D eigenvalue weighted by Crippen LogP contribution is 2.21. The number of aryl methyl sites for hydroxylation is 2. The van der Waals surface area contributed by atoms with Crippen molar-refractivity contribution >= 4 is 0 Å². The molecule has 0 aliphatic rings. The van der Waals surface area contributed by atoms with E-state index in [0.717, 1.165) is 11.3 Å². The average Bonchev–Trinajstić information content (AvgIpc) is 2.28. The molecule has 2 unspecified atom stereocenters. The van der Waals surface area contributed by atoms with Crippen LogP contribution in [0.4, 0.5) is 0 Å². The molecule has 0 aliphatic heterocycles. The molecule has 12 heavy (non-hydrogen) atoms. The molecule has 68 valence electrons. The van der Waals surface area contributed by atoms with Gasteiger partial charge < -0.3 is 5.11 Å². The van der Waals surface area contributed by atoms with E-state index in [-0.39, 0.29) is 12.0 Å². The van der Waals surface area contributed by atoms with Crippen molar-refractivity contribution in [3.8, 4) is 0 Å². The van der Waals surface area contributed by atoms with Crippen molar-refractivity contribution in [3.63, 3.8) is 0 Å². The fourth-order valence-electron chi connectivity index (χ4n) is 1.32. The van der Waals surface area contributed by atoms with Crippen molar-refractivity contribution in [2.24, 2.45) is 7.05 Å². The smallest absolute Gasteiger partial charge is 0.0629 e.